The van der Waals surface area contributed by atoms with E-state index in [2.05, 4.69) is 10.3 Å². The summed E-state index contributed by atoms with van der Waals surface area (Å²) in [5, 5.41) is 3.29. The molecule has 0 unspecified atom stereocenters. The lowest BCUT2D eigenvalue weighted by Gasteiger charge is -2.13. The molecule has 104 valence electrons. The molecule has 1 heterocycles. The molecule has 0 aliphatic carbocycles. The van der Waals surface area contributed by atoms with Crippen LogP contribution in [0.3, 0.4) is 0 Å². The molecule has 2 rings (SSSR count). The van der Waals surface area contributed by atoms with Crippen LogP contribution in [0, 0.1) is 0 Å². The molecule has 1 aromatic carbocycles. The smallest absolute Gasteiger partial charge is 0.260 e. The fourth-order valence-corrected chi connectivity index (χ4v) is 2.15. The quantitative estimate of drug-likeness (QED) is 0.837. The molecule has 2 aromatic rings. The van der Waals surface area contributed by atoms with E-state index in [4.69, 9.17) is 0 Å². The number of aromatic amines is 1. The second kappa shape index (κ2) is 5.28. The van der Waals surface area contributed by atoms with Crippen molar-refractivity contribution in [2.24, 2.45) is 0 Å². The van der Waals surface area contributed by atoms with Crippen molar-refractivity contribution in [2.45, 2.75) is 26.8 Å². The highest BCUT2D eigenvalue weighted by Crippen LogP contribution is 2.18. The molecular formula is C15H16N2O3. The number of para-hydroxylation sites is 1. The minimum Gasteiger partial charge on any atom is -0.350 e. The third kappa shape index (κ3) is 2.47. The maximum atomic E-state index is 12.3. The van der Waals surface area contributed by atoms with Gasteiger partial charge in [0.25, 0.3) is 11.5 Å². The second-order valence-electron chi connectivity index (χ2n) is 4.93. The molecule has 0 spiro atoms. The highest BCUT2D eigenvalue weighted by atomic mass is 16.2. The summed E-state index contributed by atoms with van der Waals surface area (Å²) in [7, 11) is 0. The Labute approximate surface area is 116 Å². The van der Waals surface area contributed by atoms with Crippen molar-refractivity contribution in [1.82, 2.24) is 10.3 Å². The van der Waals surface area contributed by atoms with E-state index in [9.17, 15) is 14.4 Å². The van der Waals surface area contributed by atoms with Crippen molar-refractivity contribution in [3.63, 3.8) is 0 Å². The molecule has 2 N–H and O–H groups in total. The molecule has 0 aliphatic heterocycles. The van der Waals surface area contributed by atoms with Crippen molar-refractivity contribution in [2.75, 3.05) is 0 Å². The normalized spacial score (nSPS) is 10.8. The number of ketones is 1. The molecule has 0 bridgehead atoms. The number of rotatable bonds is 3. The molecule has 0 atom stereocenters. The van der Waals surface area contributed by atoms with Gasteiger partial charge in [0.2, 0.25) is 0 Å². The molecular weight excluding hydrogens is 256 g/mol. The maximum Gasteiger partial charge on any atom is 0.260 e. The van der Waals surface area contributed by atoms with Crippen molar-refractivity contribution >= 4 is 22.6 Å². The highest BCUT2D eigenvalue weighted by molar-refractivity contribution is 6.14. The van der Waals surface area contributed by atoms with Gasteiger partial charge in [-0.25, -0.2) is 0 Å². The largest absolute Gasteiger partial charge is 0.350 e. The summed E-state index contributed by atoms with van der Waals surface area (Å²) >= 11 is 0. The van der Waals surface area contributed by atoms with Gasteiger partial charge in [-0.05, 0) is 26.8 Å². The van der Waals surface area contributed by atoms with Crippen molar-refractivity contribution in [3.8, 4) is 0 Å². The van der Waals surface area contributed by atoms with E-state index in [0.717, 1.165) is 0 Å². The number of carbonyl (C=O) groups excluding carboxylic acids is 2. The predicted octanol–water partition coefficient (Wildman–Crippen LogP) is 1.87. The number of fused-ring (bicyclic) bond motifs is 1. The van der Waals surface area contributed by atoms with Crippen LogP contribution in [-0.2, 0) is 0 Å². The zero-order chi connectivity index (χ0) is 14.9. The molecule has 1 amide bonds. The second-order valence-corrected chi connectivity index (χ2v) is 4.93. The Morgan fingerprint density at radius 1 is 1.15 bits per heavy atom. The van der Waals surface area contributed by atoms with Gasteiger partial charge in [-0.15, -0.1) is 0 Å². The van der Waals surface area contributed by atoms with Crippen LogP contribution < -0.4 is 10.9 Å². The van der Waals surface area contributed by atoms with Crippen LogP contribution in [0.15, 0.2) is 29.1 Å². The molecule has 20 heavy (non-hydrogen) atoms. The van der Waals surface area contributed by atoms with Gasteiger partial charge in [0, 0.05) is 16.9 Å². The summed E-state index contributed by atoms with van der Waals surface area (Å²) in [6.45, 7) is 4.92. The van der Waals surface area contributed by atoms with Crippen LogP contribution >= 0.6 is 0 Å². The number of nitrogens with one attached hydrogen (secondary N) is 2. The van der Waals surface area contributed by atoms with Crippen molar-refractivity contribution < 1.29 is 9.59 Å². The van der Waals surface area contributed by atoms with Crippen LogP contribution in [-0.4, -0.2) is 22.7 Å². The summed E-state index contributed by atoms with van der Waals surface area (Å²) in [5.41, 5.74) is 0.0499. The Morgan fingerprint density at radius 3 is 2.40 bits per heavy atom. The van der Waals surface area contributed by atoms with E-state index < -0.39 is 17.2 Å². The van der Waals surface area contributed by atoms with E-state index in [0.29, 0.717) is 10.9 Å². The van der Waals surface area contributed by atoms with E-state index in [-0.39, 0.29) is 17.2 Å². The topological polar surface area (TPSA) is 79.0 Å². The fraction of sp³-hybridized carbons (Fsp3) is 0.267. The zero-order valence-corrected chi connectivity index (χ0v) is 11.6. The van der Waals surface area contributed by atoms with Gasteiger partial charge >= 0.3 is 0 Å². The van der Waals surface area contributed by atoms with Gasteiger partial charge in [-0.2, -0.15) is 0 Å². The van der Waals surface area contributed by atoms with Crippen LogP contribution in [0.1, 0.15) is 41.5 Å². The predicted molar refractivity (Wildman–Crippen MR) is 77.2 cm³/mol. The average Bonchev–Trinajstić information content (AvgIpc) is 2.35. The van der Waals surface area contributed by atoms with Gasteiger partial charge in [0.1, 0.15) is 0 Å². The lowest BCUT2D eigenvalue weighted by Crippen LogP contribution is -2.33. The number of aromatic nitrogens is 1. The molecule has 0 aliphatic rings. The Kier molecular flexibility index (Phi) is 3.70. The summed E-state index contributed by atoms with van der Waals surface area (Å²) in [6.07, 6.45) is 0. The number of pyridine rings is 1. The van der Waals surface area contributed by atoms with E-state index >= 15 is 0 Å². The monoisotopic (exact) mass is 272 g/mol. The molecule has 0 fully saturated rings. The molecule has 0 saturated heterocycles. The van der Waals surface area contributed by atoms with Gasteiger partial charge in [0.05, 0.1) is 11.1 Å². The first-order valence-corrected chi connectivity index (χ1v) is 6.38. The molecule has 0 saturated carbocycles. The highest BCUT2D eigenvalue weighted by Gasteiger charge is 2.22. The van der Waals surface area contributed by atoms with Crippen LogP contribution in [0.2, 0.25) is 0 Å². The van der Waals surface area contributed by atoms with Gasteiger partial charge in [0.15, 0.2) is 5.78 Å². The van der Waals surface area contributed by atoms with Gasteiger partial charge in [-0.1, -0.05) is 18.2 Å². The van der Waals surface area contributed by atoms with Gasteiger partial charge < -0.3 is 10.3 Å². The number of benzene rings is 1. The van der Waals surface area contributed by atoms with Gasteiger partial charge in [-0.3, -0.25) is 14.4 Å². The zero-order valence-electron chi connectivity index (χ0n) is 11.6. The summed E-state index contributed by atoms with van der Waals surface area (Å²) in [6, 6.07) is 6.85. The summed E-state index contributed by atoms with van der Waals surface area (Å²) in [4.78, 5) is 38.7. The number of hydrogen-bond donors (Lipinski definition) is 2. The van der Waals surface area contributed by atoms with E-state index in [1.165, 1.54) is 6.92 Å². The Morgan fingerprint density at radius 2 is 1.80 bits per heavy atom. The fourth-order valence-electron chi connectivity index (χ4n) is 2.15. The average molecular weight is 272 g/mol. The number of Topliss-reactive ketones (excluding diaryl/α,β-unsaturated/α-hetero) is 1. The van der Waals surface area contributed by atoms with Crippen molar-refractivity contribution in [1.29, 1.82) is 0 Å². The van der Waals surface area contributed by atoms with E-state index in [1.54, 1.807) is 24.3 Å². The van der Waals surface area contributed by atoms with E-state index in [1.807, 2.05) is 13.8 Å². The Hall–Kier alpha value is -2.43. The molecule has 5 nitrogen and oxygen atoms in total. The minimum atomic E-state index is -0.537. The number of H-pyrrole nitrogens is 1. The lowest BCUT2D eigenvalue weighted by atomic mass is 10.00. The maximum absolute atomic E-state index is 12.3. The molecule has 5 heteroatoms. The van der Waals surface area contributed by atoms with Crippen LogP contribution in [0.4, 0.5) is 0 Å². The SMILES string of the molecule is CC(=O)c1c(C(=O)NC(C)C)c2ccccc2[nH]c1=O. The Balaban J connectivity index is 2.82. The summed E-state index contributed by atoms with van der Waals surface area (Å²) in [5.74, 6) is -0.835. The molecule has 1 aromatic heterocycles. The van der Waals surface area contributed by atoms with Crippen LogP contribution in [0.5, 0.6) is 0 Å². The Bertz CT molecular complexity index is 744. The lowest BCUT2D eigenvalue weighted by molar-refractivity contribution is 0.0930. The summed E-state index contributed by atoms with van der Waals surface area (Å²) < 4.78 is 0. The van der Waals surface area contributed by atoms with Crippen molar-refractivity contribution in [3.05, 3.63) is 45.7 Å². The number of amides is 1. The number of carbonyl (C=O) groups is 2. The third-order valence-corrected chi connectivity index (χ3v) is 2.92. The first kappa shape index (κ1) is 14.0. The minimum absolute atomic E-state index is 0.0830. The third-order valence-electron chi connectivity index (χ3n) is 2.92. The molecule has 0 radical (unpaired) electrons. The first-order valence-electron chi connectivity index (χ1n) is 6.38. The first-order chi connectivity index (χ1) is 9.41. The van der Waals surface area contributed by atoms with Crippen LogP contribution in [0.25, 0.3) is 10.9 Å². The number of hydrogen-bond acceptors (Lipinski definition) is 3. The standard InChI is InChI=1S/C15H16N2O3/c1-8(2)16-15(20)13-10-6-4-5-7-11(10)17-14(19)12(13)9(3)18/h4-8H,1-3H3,(H,16,20)(H,17,19).